The molecular formula is C10H13F3N4. The Morgan fingerprint density at radius 2 is 2.00 bits per heavy atom. The highest BCUT2D eigenvalue weighted by molar-refractivity contribution is 5.01. The minimum absolute atomic E-state index is 0.187. The molecule has 0 saturated carbocycles. The Labute approximate surface area is 96.7 Å². The van der Waals surface area contributed by atoms with Crippen LogP contribution in [0.2, 0.25) is 0 Å². The Morgan fingerprint density at radius 3 is 2.65 bits per heavy atom. The molecule has 0 bridgehead atoms. The third kappa shape index (κ3) is 3.36. The van der Waals surface area contributed by atoms with Crippen LogP contribution in [0.25, 0.3) is 0 Å². The third-order valence-electron chi connectivity index (χ3n) is 2.82. The van der Waals surface area contributed by atoms with Crippen molar-refractivity contribution in [1.82, 2.24) is 20.5 Å². The molecule has 2 heterocycles. The van der Waals surface area contributed by atoms with E-state index < -0.39 is 11.9 Å². The van der Waals surface area contributed by atoms with E-state index in [-0.39, 0.29) is 5.82 Å². The van der Waals surface area contributed by atoms with Gasteiger partial charge in [0.25, 0.3) is 0 Å². The van der Waals surface area contributed by atoms with E-state index in [1.54, 1.807) is 0 Å². The normalized spacial score (nSPS) is 18.3. The van der Waals surface area contributed by atoms with Gasteiger partial charge in [0.15, 0.2) is 11.5 Å². The lowest BCUT2D eigenvalue weighted by atomic mass is 9.94. The number of hydrogen-bond donors (Lipinski definition) is 1. The molecule has 1 aliphatic rings. The number of halogens is 3. The minimum atomic E-state index is -4.45. The molecule has 1 fully saturated rings. The maximum atomic E-state index is 12.4. The molecule has 4 nitrogen and oxygen atoms in total. The molecule has 1 aromatic rings. The first-order valence-electron chi connectivity index (χ1n) is 5.52. The smallest absolute Gasteiger partial charge is 0.317 e. The molecule has 1 saturated heterocycles. The second-order valence-corrected chi connectivity index (χ2v) is 4.15. The van der Waals surface area contributed by atoms with Gasteiger partial charge in [0.05, 0.1) is 6.20 Å². The van der Waals surface area contributed by atoms with Gasteiger partial charge in [-0.2, -0.15) is 18.3 Å². The zero-order valence-electron chi connectivity index (χ0n) is 9.17. The predicted octanol–water partition coefficient (Wildman–Crippen LogP) is 1.43. The van der Waals surface area contributed by atoms with Gasteiger partial charge in [0, 0.05) is 6.42 Å². The Balaban J connectivity index is 2.05. The first-order chi connectivity index (χ1) is 8.05. The largest absolute Gasteiger partial charge is 0.435 e. The van der Waals surface area contributed by atoms with Gasteiger partial charge in [0.1, 0.15) is 0 Å². The number of nitrogens with one attached hydrogen (secondary N) is 1. The van der Waals surface area contributed by atoms with E-state index in [4.69, 9.17) is 0 Å². The van der Waals surface area contributed by atoms with Crippen molar-refractivity contribution >= 4 is 0 Å². The Morgan fingerprint density at radius 1 is 1.29 bits per heavy atom. The highest BCUT2D eigenvalue weighted by atomic mass is 19.4. The summed E-state index contributed by atoms with van der Waals surface area (Å²) in [4.78, 5) is 3.52. The Hall–Kier alpha value is -1.24. The van der Waals surface area contributed by atoms with Crippen LogP contribution in [0.5, 0.6) is 0 Å². The zero-order valence-corrected chi connectivity index (χ0v) is 9.17. The second-order valence-electron chi connectivity index (χ2n) is 4.15. The number of nitrogens with zero attached hydrogens (tertiary/aromatic N) is 3. The molecule has 0 spiro atoms. The van der Waals surface area contributed by atoms with Crippen LogP contribution in [0.15, 0.2) is 6.20 Å². The molecular weight excluding hydrogens is 233 g/mol. The van der Waals surface area contributed by atoms with E-state index in [0.717, 1.165) is 25.9 Å². The topological polar surface area (TPSA) is 50.7 Å². The van der Waals surface area contributed by atoms with Gasteiger partial charge in [-0.1, -0.05) is 0 Å². The first kappa shape index (κ1) is 12.2. The van der Waals surface area contributed by atoms with Crippen LogP contribution < -0.4 is 5.32 Å². The SMILES string of the molecule is FC(F)(F)c1cnnc(CC2CCNCC2)n1. The summed E-state index contributed by atoms with van der Waals surface area (Å²) in [6.07, 6.45) is -1.43. The summed E-state index contributed by atoms with van der Waals surface area (Å²) in [7, 11) is 0. The average Bonchev–Trinajstić information content (AvgIpc) is 2.29. The lowest BCUT2D eigenvalue weighted by Gasteiger charge is -2.21. The summed E-state index contributed by atoms with van der Waals surface area (Å²) in [6.45, 7) is 1.80. The molecule has 7 heteroatoms. The maximum Gasteiger partial charge on any atom is 0.435 e. The summed E-state index contributed by atoms with van der Waals surface area (Å²) >= 11 is 0. The molecule has 1 aromatic heterocycles. The summed E-state index contributed by atoms with van der Waals surface area (Å²) in [5.74, 6) is 0.535. The number of aromatic nitrogens is 3. The summed E-state index contributed by atoms with van der Waals surface area (Å²) in [5, 5.41) is 10.2. The van der Waals surface area contributed by atoms with Gasteiger partial charge < -0.3 is 5.32 Å². The van der Waals surface area contributed by atoms with Crippen molar-refractivity contribution in [3.8, 4) is 0 Å². The van der Waals surface area contributed by atoms with Crippen molar-refractivity contribution in [1.29, 1.82) is 0 Å². The van der Waals surface area contributed by atoms with Gasteiger partial charge in [-0.3, -0.25) is 0 Å². The van der Waals surface area contributed by atoms with Crippen LogP contribution >= 0.6 is 0 Å². The van der Waals surface area contributed by atoms with Gasteiger partial charge in [-0.15, -0.1) is 5.10 Å². The molecule has 0 amide bonds. The third-order valence-corrected chi connectivity index (χ3v) is 2.82. The average molecular weight is 246 g/mol. The van der Waals surface area contributed by atoms with Crippen LogP contribution in [0, 0.1) is 5.92 Å². The number of piperidine rings is 1. The van der Waals surface area contributed by atoms with Gasteiger partial charge in [0.2, 0.25) is 0 Å². The van der Waals surface area contributed by atoms with Crippen LogP contribution in [0.1, 0.15) is 24.4 Å². The van der Waals surface area contributed by atoms with Crippen molar-refractivity contribution in [3.63, 3.8) is 0 Å². The van der Waals surface area contributed by atoms with E-state index in [1.165, 1.54) is 0 Å². The Kier molecular flexibility index (Phi) is 3.56. The highest BCUT2D eigenvalue weighted by Gasteiger charge is 2.33. The fourth-order valence-corrected chi connectivity index (χ4v) is 1.91. The van der Waals surface area contributed by atoms with Crippen molar-refractivity contribution in [2.45, 2.75) is 25.4 Å². The number of rotatable bonds is 2. The molecule has 0 unspecified atom stereocenters. The fourth-order valence-electron chi connectivity index (χ4n) is 1.91. The van der Waals surface area contributed by atoms with Crippen LogP contribution in [-0.4, -0.2) is 28.3 Å². The van der Waals surface area contributed by atoms with Gasteiger partial charge in [-0.05, 0) is 31.8 Å². The van der Waals surface area contributed by atoms with Crippen LogP contribution in [-0.2, 0) is 12.6 Å². The quantitative estimate of drug-likeness (QED) is 0.857. The summed E-state index contributed by atoms with van der Waals surface area (Å²) < 4.78 is 37.2. The lowest BCUT2D eigenvalue weighted by molar-refractivity contribution is -0.141. The molecule has 94 valence electrons. The van der Waals surface area contributed by atoms with Gasteiger partial charge in [-0.25, -0.2) is 4.98 Å². The number of alkyl halides is 3. The van der Waals surface area contributed by atoms with Gasteiger partial charge >= 0.3 is 6.18 Å². The summed E-state index contributed by atoms with van der Waals surface area (Å²) in [5.41, 5.74) is -0.962. The standard InChI is InChI=1S/C10H13F3N4/c11-10(12,13)8-6-15-17-9(16-8)5-7-1-3-14-4-2-7/h6-7,14H,1-5H2. The predicted molar refractivity (Wildman–Crippen MR) is 54.1 cm³/mol. The van der Waals surface area contributed by atoms with Crippen molar-refractivity contribution in [2.75, 3.05) is 13.1 Å². The molecule has 0 aromatic carbocycles. The zero-order chi connectivity index (χ0) is 12.3. The van der Waals surface area contributed by atoms with Crippen molar-refractivity contribution < 1.29 is 13.2 Å². The van der Waals surface area contributed by atoms with E-state index in [9.17, 15) is 13.2 Å². The lowest BCUT2D eigenvalue weighted by Crippen LogP contribution is -2.29. The van der Waals surface area contributed by atoms with Crippen molar-refractivity contribution in [2.24, 2.45) is 5.92 Å². The molecule has 1 N–H and O–H groups in total. The Bertz CT molecular complexity index is 374. The molecule has 0 radical (unpaired) electrons. The van der Waals surface area contributed by atoms with E-state index in [1.807, 2.05) is 0 Å². The maximum absolute atomic E-state index is 12.4. The highest BCUT2D eigenvalue weighted by Crippen LogP contribution is 2.27. The monoisotopic (exact) mass is 246 g/mol. The van der Waals surface area contributed by atoms with E-state index >= 15 is 0 Å². The summed E-state index contributed by atoms with van der Waals surface area (Å²) in [6, 6.07) is 0. The number of hydrogen-bond acceptors (Lipinski definition) is 4. The van der Waals surface area contributed by atoms with E-state index in [2.05, 4.69) is 20.5 Å². The van der Waals surface area contributed by atoms with Crippen LogP contribution in [0.3, 0.4) is 0 Å². The molecule has 1 aliphatic heterocycles. The van der Waals surface area contributed by atoms with Crippen molar-refractivity contribution in [3.05, 3.63) is 17.7 Å². The van der Waals surface area contributed by atoms with Crippen LogP contribution in [0.4, 0.5) is 13.2 Å². The fraction of sp³-hybridized carbons (Fsp3) is 0.700. The first-order valence-corrected chi connectivity index (χ1v) is 5.52. The molecule has 17 heavy (non-hydrogen) atoms. The second kappa shape index (κ2) is 4.95. The molecule has 0 atom stereocenters. The minimum Gasteiger partial charge on any atom is -0.317 e. The van der Waals surface area contributed by atoms with E-state index in [0.29, 0.717) is 18.5 Å². The molecule has 0 aliphatic carbocycles. The molecule has 2 rings (SSSR count).